The lowest BCUT2D eigenvalue weighted by atomic mass is 9.85. The van der Waals surface area contributed by atoms with Crippen LogP contribution in [0.3, 0.4) is 0 Å². The highest BCUT2D eigenvalue weighted by atomic mass is 19.4. The Morgan fingerprint density at radius 3 is 2.06 bits per heavy atom. The molecule has 1 rings (SSSR count). The van der Waals surface area contributed by atoms with Gasteiger partial charge in [-0.2, -0.15) is 13.2 Å². The number of carboxylic acid groups (broad SMARTS) is 1. The molecule has 0 aromatic heterocycles. The van der Waals surface area contributed by atoms with Crippen LogP contribution in [0.25, 0.3) is 0 Å². The average Bonchev–Trinajstić information content (AvgIpc) is 2.57. The third-order valence-corrected chi connectivity index (χ3v) is 4.52. The van der Waals surface area contributed by atoms with E-state index in [1.807, 2.05) is 0 Å². The number of non-ortho nitro benzene ring substituents is 1. The van der Waals surface area contributed by atoms with Crippen LogP contribution in [0.5, 0.6) is 0 Å². The summed E-state index contributed by atoms with van der Waals surface area (Å²) < 4.78 is 46.2. The quantitative estimate of drug-likeness (QED) is 0.463. The maximum absolute atomic E-state index is 13.6. The molecule has 0 radical (unpaired) electrons. The van der Waals surface area contributed by atoms with Gasteiger partial charge in [0.1, 0.15) is 5.60 Å². The van der Waals surface area contributed by atoms with Crippen molar-refractivity contribution in [2.75, 3.05) is 18.5 Å². The molecule has 0 saturated heterocycles. The van der Waals surface area contributed by atoms with E-state index in [1.165, 1.54) is 7.05 Å². The molecule has 1 aromatic carbocycles. The number of nitro groups is 1. The molecule has 1 atom stereocenters. The molecular weight excluding hydrogens is 435 g/mol. The molecule has 0 heterocycles. The van der Waals surface area contributed by atoms with E-state index in [2.05, 4.69) is 0 Å². The number of amides is 2. The Balaban J connectivity index is 3.52. The van der Waals surface area contributed by atoms with Gasteiger partial charge in [-0.1, -0.05) is 20.8 Å². The summed E-state index contributed by atoms with van der Waals surface area (Å²) in [6.07, 6.45) is -7.54. The minimum Gasteiger partial charge on any atom is -0.465 e. The molecule has 0 bridgehead atoms. The molecule has 0 saturated carbocycles. The standard InChI is InChI=1S/C20H28F3N3O6/c1-18(2,3)15(24(7)17(29)32-19(4,5)6)11-25(16(27)28)14-9-8-12(26(30)31)10-13(14)20(21,22)23/h8-10,15H,11H2,1-7H3,(H,27,28). The fourth-order valence-electron chi connectivity index (χ4n) is 2.99. The van der Waals surface area contributed by atoms with Gasteiger partial charge in [0.05, 0.1) is 28.8 Å². The number of alkyl halides is 3. The summed E-state index contributed by atoms with van der Waals surface area (Å²) in [7, 11) is 1.37. The molecule has 9 nitrogen and oxygen atoms in total. The van der Waals surface area contributed by atoms with Gasteiger partial charge >= 0.3 is 18.4 Å². The van der Waals surface area contributed by atoms with E-state index in [-0.39, 0.29) is 6.07 Å². The van der Waals surface area contributed by atoms with Gasteiger partial charge < -0.3 is 14.7 Å². The smallest absolute Gasteiger partial charge is 0.418 e. The number of benzene rings is 1. The lowest BCUT2D eigenvalue weighted by Gasteiger charge is -2.41. The van der Waals surface area contributed by atoms with Crippen LogP contribution in [0.1, 0.15) is 47.1 Å². The Hall–Kier alpha value is -3.05. The second kappa shape index (κ2) is 9.21. The van der Waals surface area contributed by atoms with Crippen LogP contribution in [-0.2, 0) is 10.9 Å². The van der Waals surface area contributed by atoms with Crippen molar-refractivity contribution in [2.45, 2.75) is 59.4 Å². The molecule has 0 fully saturated rings. The van der Waals surface area contributed by atoms with Crippen molar-refractivity contribution in [1.29, 1.82) is 0 Å². The number of rotatable bonds is 5. The summed E-state index contributed by atoms with van der Waals surface area (Å²) in [6.45, 7) is 9.47. The molecule has 0 aliphatic carbocycles. The molecule has 2 amide bonds. The van der Waals surface area contributed by atoms with Gasteiger partial charge in [0, 0.05) is 19.2 Å². The lowest BCUT2D eigenvalue weighted by Crippen LogP contribution is -2.53. The molecule has 180 valence electrons. The summed E-state index contributed by atoms with van der Waals surface area (Å²) >= 11 is 0. The van der Waals surface area contributed by atoms with Gasteiger partial charge in [-0.25, -0.2) is 9.59 Å². The maximum atomic E-state index is 13.6. The molecule has 1 N–H and O–H groups in total. The van der Waals surface area contributed by atoms with Crippen molar-refractivity contribution in [1.82, 2.24) is 4.90 Å². The Bertz CT molecular complexity index is 875. The monoisotopic (exact) mass is 463 g/mol. The van der Waals surface area contributed by atoms with Gasteiger partial charge in [-0.3, -0.25) is 15.0 Å². The van der Waals surface area contributed by atoms with Crippen LogP contribution in [0.4, 0.5) is 34.1 Å². The van der Waals surface area contributed by atoms with E-state index in [0.717, 1.165) is 17.0 Å². The molecule has 1 aromatic rings. The second-order valence-electron chi connectivity index (χ2n) is 9.32. The molecular formula is C20H28F3N3O6. The highest BCUT2D eigenvalue weighted by Crippen LogP contribution is 2.39. The predicted octanol–water partition coefficient (Wildman–Crippen LogP) is 5.38. The molecule has 12 heteroatoms. The first kappa shape index (κ1) is 27.0. The van der Waals surface area contributed by atoms with Crippen LogP contribution >= 0.6 is 0 Å². The number of hydrogen-bond acceptors (Lipinski definition) is 5. The Morgan fingerprint density at radius 1 is 1.16 bits per heavy atom. The van der Waals surface area contributed by atoms with E-state index in [4.69, 9.17) is 4.74 Å². The summed E-state index contributed by atoms with van der Waals surface area (Å²) in [5.74, 6) is 0. The van der Waals surface area contributed by atoms with Crippen LogP contribution < -0.4 is 4.90 Å². The van der Waals surface area contributed by atoms with Crippen LogP contribution in [-0.4, -0.2) is 52.4 Å². The van der Waals surface area contributed by atoms with Crippen molar-refractivity contribution >= 4 is 23.6 Å². The zero-order valence-corrected chi connectivity index (χ0v) is 19.0. The van der Waals surface area contributed by atoms with Crippen LogP contribution in [0, 0.1) is 15.5 Å². The zero-order chi connectivity index (χ0) is 25.2. The van der Waals surface area contributed by atoms with Crippen LogP contribution in [0.15, 0.2) is 18.2 Å². The number of anilines is 1. The number of nitrogens with zero attached hydrogens (tertiary/aromatic N) is 3. The first-order valence-corrected chi connectivity index (χ1v) is 9.57. The minimum atomic E-state index is -5.05. The molecule has 0 aliphatic heterocycles. The Labute approximate surface area is 183 Å². The minimum absolute atomic E-state index is 0.287. The summed E-state index contributed by atoms with van der Waals surface area (Å²) in [5, 5.41) is 20.6. The number of carbonyl (C=O) groups is 2. The molecule has 32 heavy (non-hydrogen) atoms. The second-order valence-corrected chi connectivity index (χ2v) is 9.32. The predicted molar refractivity (Wildman–Crippen MR) is 111 cm³/mol. The van der Waals surface area contributed by atoms with E-state index in [1.54, 1.807) is 41.5 Å². The van der Waals surface area contributed by atoms with Gasteiger partial charge in [0.2, 0.25) is 0 Å². The fourth-order valence-corrected chi connectivity index (χ4v) is 2.99. The Morgan fingerprint density at radius 2 is 1.69 bits per heavy atom. The van der Waals surface area contributed by atoms with E-state index >= 15 is 0 Å². The van der Waals surface area contributed by atoms with Gasteiger partial charge in [0.25, 0.3) is 5.69 Å². The number of halogens is 3. The van der Waals surface area contributed by atoms with Crippen molar-refractivity contribution in [3.05, 3.63) is 33.9 Å². The van der Waals surface area contributed by atoms with E-state index < -0.39 is 63.8 Å². The molecule has 0 aliphatic rings. The third kappa shape index (κ3) is 6.99. The number of likely N-dealkylation sites (N-methyl/N-ethyl adjacent to an activating group) is 1. The lowest BCUT2D eigenvalue weighted by molar-refractivity contribution is -0.385. The molecule has 1 unspecified atom stereocenters. The van der Waals surface area contributed by atoms with Crippen molar-refractivity contribution in [3.8, 4) is 0 Å². The van der Waals surface area contributed by atoms with Crippen molar-refractivity contribution < 1.29 is 37.5 Å². The van der Waals surface area contributed by atoms with Crippen molar-refractivity contribution in [2.24, 2.45) is 5.41 Å². The normalized spacial score (nSPS) is 13.3. The number of carbonyl (C=O) groups excluding carboxylic acids is 1. The van der Waals surface area contributed by atoms with E-state index in [0.29, 0.717) is 4.90 Å². The van der Waals surface area contributed by atoms with Crippen LogP contribution in [0.2, 0.25) is 0 Å². The fraction of sp³-hybridized carbons (Fsp3) is 0.600. The first-order chi connectivity index (χ1) is 14.3. The maximum Gasteiger partial charge on any atom is 0.418 e. The zero-order valence-electron chi connectivity index (χ0n) is 19.0. The van der Waals surface area contributed by atoms with Gasteiger partial charge in [-0.15, -0.1) is 0 Å². The van der Waals surface area contributed by atoms with Crippen molar-refractivity contribution in [3.63, 3.8) is 0 Å². The van der Waals surface area contributed by atoms with Gasteiger partial charge in [-0.05, 0) is 32.3 Å². The topological polar surface area (TPSA) is 113 Å². The molecule has 0 spiro atoms. The largest absolute Gasteiger partial charge is 0.465 e. The SMILES string of the molecule is CN(C(=O)OC(C)(C)C)C(CN(C(=O)O)c1ccc([N+](=O)[O-])cc1C(F)(F)F)C(C)(C)C. The summed E-state index contributed by atoms with van der Waals surface area (Å²) in [6, 6.07) is 0.922. The van der Waals surface area contributed by atoms with E-state index in [9.17, 15) is 38.0 Å². The number of nitro benzene ring substituents is 1. The summed E-state index contributed by atoms with van der Waals surface area (Å²) in [4.78, 5) is 36.0. The number of ether oxygens (including phenoxy) is 1. The van der Waals surface area contributed by atoms with Gasteiger partial charge in [0.15, 0.2) is 0 Å². The highest BCUT2D eigenvalue weighted by Gasteiger charge is 2.41. The average molecular weight is 463 g/mol. The number of hydrogen-bond donors (Lipinski definition) is 1. The summed E-state index contributed by atoms with van der Waals surface area (Å²) in [5.41, 5.74) is -4.69. The highest BCUT2D eigenvalue weighted by molar-refractivity contribution is 5.88. The third-order valence-electron chi connectivity index (χ3n) is 4.52. The Kier molecular flexibility index (Phi) is 7.77. The first-order valence-electron chi connectivity index (χ1n) is 9.57.